The molecule has 3 nitrogen and oxygen atoms in total. The first-order chi connectivity index (χ1) is 10.3. The van der Waals surface area contributed by atoms with Crippen molar-refractivity contribution in [2.24, 2.45) is 0 Å². The van der Waals surface area contributed by atoms with Gasteiger partial charge >= 0.3 is 0 Å². The highest BCUT2D eigenvalue weighted by molar-refractivity contribution is 5.75. The van der Waals surface area contributed by atoms with E-state index in [0.29, 0.717) is 0 Å². The monoisotopic (exact) mass is 285 g/mol. The molecule has 0 aliphatic heterocycles. The van der Waals surface area contributed by atoms with E-state index in [1.165, 1.54) is 43.4 Å². The summed E-state index contributed by atoms with van der Waals surface area (Å²) in [5, 5.41) is 3.63. The van der Waals surface area contributed by atoms with Gasteiger partial charge < -0.3 is 9.88 Å². The lowest BCUT2D eigenvalue weighted by molar-refractivity contribution is 0.239. The van der Waals surface area contributed by atoms with Crippen LogP contribution in [0.1, 0.15) is 51.3 Å². The Kier molecular flexibility index (Phi) is 4.29. The molecular formula is C18H27N3. The van der Waals surface area contributed by atoms with Crippen LogP contribution in [0.2, 0.25) is 0 Å². The van der Waals surface area contributed by atoms with Crippen molar-refractivity contribution in [1.29, 1.82) is 0 Å². The van der Waals surface area contributed by atoms with E-state index in [2.05, 4.69) is 48.1 Å². The van der Waals surface area contributed by atoms with Gasteiger partial charge in [0.05, 0.1) is 11.0 Å². The molecular weight excluding hydrogens is 258 g/mol. The van der Waals surface area contributed by atoms with Crippen LogP contribution in [0.4, 0.5) is 0 Å². The standard InChI is InChI=1S/C18H27N3/c1-3-13-21-16-10-6-5-9-15(16)20-17(21)14-18(19-2)11-7-4-8-12-18/h5-6,9-10,19H,3-4,7-8,11-14H2,1-2H3. The third-order valence-electron chi connectivity index (χ3n) is 5.02. The zero-order valence-electron chi connectivity index (χ0n) is 13.4. The van der Waals surface area contributed by atoms with Gasteiger partial charge in [-0.3, -0.25) is 0 Å². The molecule has 0 saturated heterocycles. The Morgan fingerprint density at radius 3 is 2.67 bits per heavy atom. The Morgan fingerprint density at radius 2 is 1.95 bits per heavy atom. The fraction of sp³-hybridized carbons (Fsp3) is 0.611. The van der Waals surface area contributed by atoms with E-state index in [1.54, 1.807) is 0 Å². The van der Waals surface area contributed by atoms with Crippen molar-refractivity contribution in [2.75, 3.05) is 7.05 Å². The van der Waals surface area contributed by atoms with Crippen LogP contribution in [0.3, 0.4) is 0 Å². The third kappa shape index (κ3) is 2.84. The van der Waals surface area contributed by atoms with Crippen LogP contribution in [0, 0.1) is 0 Å². The van der Waals surface area contributed by atoms with E-state index >= 15 is 0 Å². The summed E-state index contributed by atoms with van der Waals surface area (Å²) in [4.78, 5) is 4.94. The van der Waals surface area contributed by atoms with Gasteiger partial charge in [0.1, 0.15) is 5.82 Å². The minimum absolute atomic E-state index is 0.255. The molecule has 1 aliphatic rings. The second-order valence-electron chi connectivity index (χ2n) is 6.44. The van der Waals surface area contributed by atoms with E-state index in [0.717, 1.165) is 24.9 Å². The van der Waals surface area contributed by atoms with Crippen LogP contribution in [0.25, 0.3) is 11.0 Å². The minimum Gasteiger partial charge on any atom is -0.328 e. The van der Waals surface area contributed by atoms with Gasteiger partial charge in [0.25, 0.3) is 0 Å². The summed E-state index contributed by atoms with van der Waals surface area (Å²) in [5.41, 5.74) is 2.69. The molecule has 1 fully saturated rings. The average Bonchev–Trinajstić information content (AvgIpc) is 2.86. The first-order valence-electron chi connectivity index (χ1n) is 8.41. The third-order valence-corrected chi connectivity index (χ3v) is 5.02. The van der Waals surface area contributed by atoms with Crippen LogP contribution in [-0.4, -0.2) is 22.1 Å². The Balaban J connectivity index is 1.96. The number of imidazole rings is 1. The highest BCUT2D eigenvalue weighted by Gasteiger charge is 2.32. The summed E-state index contributed by atoms with van der Waals surface area (Å²) in [5.74, 6) is 1.26. The second kappa shape index (κ2) is 6.18. The van der Waals surface area contributed by atoms with Crippen molar-refractivity contribution in [1.82, 2.24) is 14.9 Å². The molecule has 1 aliphatic carbocycles. The Morgan fingerprint density at radius 1 is 1.19 bits per heavy atom. The van der Waals surface area contributed by atoms with Crippen molar-refractivity contribution in [2.45, 2.75) is 64.0 Å². The summed E-state index contributed by atoms with van der Waals surface area (Å²) in [6, 6.07) is 8.55. The number of aryl methyl sites for hydroxylation is 1. The maximum Gasteiger partial charge on any atom is 0.111 e. The Hall–Kier alpha value is -1.35. The molecule has 1 N–H and O–H groups in total. The van der Waals surface area contributed by atoms with Gasteiger partial charge in [-0.25, -0.2) is 4.98 Å². The molecule has 0 amide bonds. The Labute approximate surface area is 127 Å². The number of nitrogens with one attached hydrogen (secondary N) is 1. The molecule has 0 unspecified atom stereocenters. The first-order valence-corrected chi connectivity index (χ1v) is 8.41. The fourth-order valence-corrected chi connectivity index (χ4v) is 3.78. The number of aromatic nitrogens is 2. The maximum absolute atomic E-state index is 4.94. The van der Waals surface area contributed by atoms with E-state index in [4.69, 9.17) is 4.98 Å². The SMILES string of the molecule is CCCn1c(CC2(NC)CCCCC2)nc2ccccc21. The van der Waals surface area contributed by atoms with E-state index in [9.17, 15) is 0 Å². The highest BCUT2D eigenvalue weighted by Crippen LogP contribution is 2.31. The summed E-state index contributed by atoms with van der Waals surface area (Å²) >= 11 is 0. The van der Waals surface area contributed by atoms with Crippen molar-refractivity contribution in [3.63, 3.8) is 0 Å². The predicted octanol–water partition coefficient (Wildman–Crippen LogP) is 3.91. The zero-order chi connectivity index (χ0) is 14.7. The van der Waals surface area contributed by atoms with Crippen LogP contribution in [0.5, 0.6) is 0 Å². The lowest BCUT2D eigenvalue weighted by Crippen LogP contribution is -2.47. The Bertz CT molecular complexity index is 594. The number of benzene rings is 1. The van der Waals surface area contributed by atoms with Crippen molar-refractivity contribution in [3.05, 3.63) is 30.1 Å². The van der Waals surface area contributed by atoms with E-state index in [1.807, 2.05) is 0 Å². The molecule has 3 heteroatoms. The number of hydrogen-bond donors (Lipinski definition) is 1. The summed E-state index contributed by atoms with van der Waals surface area (Å²) in [6.07, 6.45) is 8.83. The lowest BCUT2D eigenvalue weighted by Gasteiger charge is -2.37. The van der Waals surface area contributed by atoms with Gasteiger partial charge in [-0.2, -0.15) is 0 Å². The normalized spacial score (nSPS) is 18.2. The van der Waals surface area contributed by atoms with Crippen LogP contribution >= 0.6 is 0 Å². The maximum atomic E-state index is 4.94. The molecule has 1 aromatic carbocycles. The topological polar surface area (TPSA) is 29.9 Å². The van der Waals surface area contributed by atoms with Gasteiger partial charge in [0.2, 0.25) is 0 Å². The molecule has 1 heterocycles. The number of likely N-dealkylation sites (N-methyl/N-ethyl adjacent to an activating group) is 1. The van der Waals surface area contributed by atoms with Crippen LogP contribution in [0.15, 0.2) is 24.3 Å². The fourth-order valence-electron chi connectivity index (χ4n) is 3.78. The molecule has 0 radical (unpaired) electrons. The zero-order valence-corrected chi connectivity index (χ0v) is 13.4. The molecule has 1 aromatic heterocycles. The minimum atomic E-state index is 0.255. The van der Waals surface area contributed by atoms with Crippen molar-refractivity contribution < 1.29 is 0 Å². The van der Waals surface area contributed by atoms with Crippen molar-refractivity contribution in [3.8, 4) is 0 Å². The largest absolute Gasteiger partial charge is 0.328 e. The molecule has 1 saturated carbocycles. The average molecular weight is 285 g/mol. The van der Waals surface area contributed by atoms with E-state index < -0.39 is 0 Å². The molecule has 3 rings (SSSR count). The van der Waals surface area contributed by atoms with Gasteiger partial charge in [-0.15, -0.1) is 0 Å². The van der Waals surface area contributed by atoms with Crippen LogP contribution in [-0.2, 0) is 13.0 Å². The van der Waals surface area contributed by atoms with Crippen molar-refractivity contribution >= 4 is 11.0 Å². The van der Waals surface area contributed by atoms with Crippen LogP contribution < -0.4 is 5.32 Å². The first kappa shape index (κ1) is 14.6. The number of rotatable bonds is 5. The summed E-state index contributed by atoms with van der Waals surface area (Å²) in [7, 11) is 2.12. The lowest BCUT2D eigenvalue weighted by atomic mass is 9.79. The summed E-state index contributed by atoms with van der Waals surface area (Å²) in [6.45, 7) is 3.31. The van der Waals surface area contributed by atoms with Gasteiger partial charge in [-0.1, -0.05) is 38.3 Å². The predicted molar refractivity (Wildman–Crippen MR) is 88.6 cm³/mol. The molecule has 0 bridgehead atoms. The molecule has 2 aromatic rings. The van der Waals surface area contributed by atoms with E-state index in [-0.39, 0.29) is 5.54 Å². The molecule has 0 spiro atoms. The van der Waals surface area contributed by atoms with Gasteiger partial charge in [0.15, 0.2) is 0 Å². The molecule has 0 atom stereocenters. The number of nitrogens with zero attached hydrogens (tertiary/aromatic N) is 2. The second-order valence-corrected chi connectivity index (χ2v) is 6.44. The smallest absolute Gasteiger partial charge is 0.111 e. The highest BCUT2D eigenvalue weighted by atomic mass is 15.1. The molecule has 114 valence electrons. The van der Waals surface area contributed by atoms with Gasteiger partial charge in [0, 0.05) is 18.5 Å². The number of fused-ring (bicyclic) bond motifs is 1. The quantitative estimate of drug-likeness (QED) is 0.902. The number of para-hydroxylation sites is 2. The van der Waals surface area contributed by atoms with Gasteiger partial charge in [-0.05, 0) is 38.4 Å². The molecule has 21 heavy (non-hydrogen) atoms. The number of hydrogen-bond acceptors (Lipinski definition) is 2. The summed E-state index contributed by atoms with van der Waals surface area (Å²) < 4.78 is 2.43.